The van der Waals surface area contributed by atoms with Crippen molar-refractivity contribution in [2.45, 2.75) is 85.8 Å². The first kappa shape index (κ1) is 40.2. The minimum Gasteiger partial charge on any atom is -0.382 e. The van der Waals surface area contributed by atoms with Crippen LogP contribution in [0.4, 0.5) is 0 Å². The van der Waals surface area contributed by atoms with E-state index in [0.29, 0.717) is 6.29 Å². The molecule has 2 saturated heterocycles. The lowest BCUT2D eigenvalue weighted by Gasteiger charge is -2.50. The van der Waals surface area contributed by atoms with Crippen LogP contribution in [0, 0.1) is 0 Å². The van der Waals surface area contributed by atoms with E-state index < -0.39 is 85.8 Å². The molecule has 0 bridgehead atoms. The molecular formula is C29H54O16. The van der Waals surface area contributed by atoms with Gasteiger partial charge in [0.2, 0.25) is 0 Å². The topological polar surface area (TPSA) is 156 Å². The van der Waals surface area contributed by atoms with Crippen molar-refractivity contribution in [1.29, 1.82) is 0 Å². The van der Waals surface area contributed by atoms with Gasteiger partial charge in [-0.2, -0.15) is 0 Å². The SMILES string of the molecule is COCC(OC)C(OC)C(OC1OC(COC)C(OC2O[C@H](COC)[C@@H](OC)[C@H](OC)[C@H]2OC)C(OC)C1OC)C(C=O)OC. The predicted octanol–water partition coefficient (Wildman–Crippen LogP) is -0.535. The number of hydrogen-bond acceptors (Lipinski definition) is 16. The van der Waals surface area contributed by atoms with Crippen LogP contribution in [0.5, 0.6) is 0 Å². The fraction of sp³-hybridized carbons (Fsp3) is 0.966. The van der Waals surface area contributed by atoms with Gasteiger partial charge in [0.15, 0.2) is 18.9 Å². The van der Waals surface area contributed by atoms with E-state index in [9.17, 15) is 4.79 Å². The summed E-state index contributed by atoms with van der Waals surface area (Å²) in [7, 11) is 16.6. The Hall–Kier alpha value is -0.930. The summed E-state index contributed by atoms with van der Waals surface area (Å²) in [5.74, 6) is 0. The van der Waals surface area contributed by atoms with E-state index in [2.05, 4.69) is 0 Å². The second-order valence-corrected chi connectivity index (χ2v) is 10.5. The molecule has 0 radical (unpaired) electrons. The van der Waals surface area contributed by atoms with Gasteiger partial charge in [0, 0.05) is 78.2 Å². The molecule has 0 aromatic heterocycles. The van der Waals surface area contributed by atoms with Gasteiger partial charge >= 0.3 is 0 Å². The second kappa shape index (κ2) is 21.1. The zero-order valence-corrected chi connectivity index (χ0v) is 28.3. The highest BCUT2D eigenvalue weighted by molar-refractivity contribution is 5.57. The summed E-state index contributed by atoms with van der Waals surface area (Å²) in [5.41, 5.74) is 0. The lowest BCUT2D eigenvalue weighted by molar-refractivity contribution is -0.374. The van der Waals surface area contributed by atoms with Crippen molar-refractivity contribution in [3.63, 3.8) is 0 Å². The first-order chi connectivity index (χ1) is 21.8. The van der Waals surface area contributed by atoms with E-state index >= 15 is 0 Å². The Labute approximate surface area is 266 Å². The molecule has 0 N–H and O–H groups in total. The Morgan fingerprint density at radius 2 is 1.07 bits per heavy atom. The highest BCUT2D eigenvalue weighted by Crippen LogP contribution is 2.35. The molecular weight excluding hydrogens is 604 g/mol. The van der Waals surface area contributed by atoms with Gasteiger partial charge in [-0.05, 0) is 0 Å². The van der Waals surface area contributed by atoms with Crippen LogP contribution in [-0.4, -0.2) is 190 Å². The molecule has 2 rings (SSSR count). The van der Waals surface area contributed by atoms with Crippen LogP contribution in [0.2, 0.25) is 0 Å². The normalized spacial score (nSPS) is 35.1. The summed E-state index contributed by atoms with van der Waals surface area (Å²) >= 11 is 0. The standard InChI is InChI=1S/C29H54O16/c1-31-13-17(35-5)20(36-6)22(16(12-30)34-4)44-29-27(41-11)25(39-9)23(19(43-29)15-33-3)45-28-26(40-10)24(38-8)21(37-7)18(42-28)14-32-2/h12,16-29H,13-15H2,1-11H3/t16?,17?,18-,19?,20?,21-,22?,23?,24+,25?,26-,27?,28?,29?/m1/s1. The van der Waals surface area contributed by atoms with Gasteiger partial charge in [0.05, 0.1) is 19.8 Å². The first-order valence-electron chi connectivity index (χ1n) is 14.6. The van der Waals surface area contributed by atoms with Crippen molar-refractivity contribution < 1.29 is 75.8 Å². The lowest BCUT2D eigenvalue weighted by Crippen LogP contribution is -2.66. The minimum atomic E-state index is -1.10. The fourth-order valence-corrected chi connectivity index (χ4v) is 5.93. The number of aldehydes is 1. The van der Waals surface area contributed by atoms with Crippen molar-refractivity contribution in [2.24, 2.45) is 0 Å². The number of carbonyl (C=O) groups excluding carboxylic acids is 1. The zero-order chi connectivity index (χ0) is 33.5. The Morgan fingerprint density at radius 1 is 0.556 bits per heavy atom. The molecule has 16 heteroatoms. The second-order valence-electron chi connectivity index (χ2n) is 10.5. The molecule has 0 amide bonds. The van der Waals surface area contributed by atoms with Crippen molar-refractivity contribution in [1.82, 2.24) is 0 Å². The summed E-state index contributed by atoms with van der Waals surface area (Å²) in [5, 5.41) is 0. The average molecular weight is 659 g/mol. The zero-order valence-electron chi connectivity index (χ0n) is 28.3. The lowest BCUT2D eigenvalue weighted by atomic mass is 9.96. The molecule has 10 unspecified atom stereocenters. The molecule has 45 heavy (non-hydrogen) atoms. The summed E-state index contributed by atoms with van der Waals surface area (Å²) in [6.07, 6.45) is -10.5. The van der Waals surface area contributed by atoms with Crippen molar-refractivity contribution >= 4 is 6.29 Å². The third-order valence-electron chi connectivity index (χ3n) is 8.11. The highest BCUT2D eigenvalue weighted by atomic mass is 16.8. The van der Waals surface area contributed by atoms with Crippen LogP contribution in [-0.2, 0) is 75.8 Å². The van der Waals surface area contributed by atoms with E-state index in [4.69, 9.17) is 71.1 Å². The maximum atomic E-state index is 12.1. The van der Waals surface area contributed by atoms with Crippen LogP contribution in [0.3, 0.4) is 0 Å². The van der Waals surface area contributed by atoms with Gasteiger partial charge in [-0.25, -0.2) is 0 Å². The largest absolute Gasteiger partial charge is 0.382 e. The smallest absolute Gasteiger partial charge is 0.187 e. The van der Waals surface area contributed by atoms with E-state index in [-0.39, 0.29) is 19.8 Å². The Kier molecular flexibility index (Phi) is 18.9. The maximum Gasteiger partial charge on any atom is 0.187 e. The van der Waals surface area contributed by atoms with E-state index in [1.165, 1.54) is 56.9 Å². The maximum absolute atomic E-state index is 12.1. The van der Waals surface area contributed by atoms with Crippen LogP contribution in [0.1, 0.15) is 0 Å². The molecule has 0 saturated carbocycles. The van der Waals surface area contributed by atoms with Crippen molar-refractivity contribution in [3.05, 3.63) is 0 Å². The number of ether oxygens (including phenoxy) is 15. The van der Waals surface area contributed by atoms with Gasteiger partial charge in [-0.3, -0.25) is 0 Å². The van der Waals surface area contributed by atoms with Crippen LogP contribution < -0.4 is 0 Å². The molecule has 0 aromatic carbocycles. The van der Waals surface area contributed by atoms with Gasteiger partial charge in [0.25, 0.3) is 0 Å². The van der Waals surface area contributed by atoms with E-state index in [0.717, 1.165) is 0 Å². The third-order valence-corrected chi connectivity index (χ3v) is 8.11. The fourth-order valence-electron chi connectivity index (χ4n) is 5.93. The summed E-state index contributed by atoms with van der Waals surface area (Å²) in [6, 6.07) is 0. The van der Waals surface area contributed by atoms with Gasteiger partial charge in [-0.1, -0.05) is 0 Å². The molecule has 2 aliphatic heterocycles. The Balaban J connectivity index is 2.47. The first-order valence-corrected chi connectivity index (χ1v) is 14.6. The number of methoxy groups -OCH3 is 11. The van der Waals surface area contributed by atoms with Crippen LogP contribution in [0.25, 0.3) is 0 Å². The molecule has 0 aromatic rings. The molecule has 2 heterocycles. The van der Waals surface area contributed by atoms with Crippen LogP contribution >= 0.6 is 0 Å². The third kappa shape index (κ3) is 9.81. The van der Waals surface area contributed by atoms with Gasteiger partial charge < -0.3 is 75.8 Å². The predicted molar refractivity (Wildman–Crippen MR) is 155 cm³/mol. The minimum absolute atomic E-state index is 0.0746. The monoisotopic (exact) mass is 658 g/mol. The summed E-state index contributed by atoms with van der Waals surface area (Å²) < 4.78 is 87.9. The number of rotatable bonds is 22. The van der Waals surface area contributed by atoms with Crippen LogP contribution in [0.15, 0.2) is 0 Å². The molecule has 14 atom stereocenters. The quantitative estimate of drug-likeness (QED) is 0.137. The van der Waals surface area contributed by atoms with Crippen molar-refractivity contribution in [3.8, 4) is 0 Å². The molecule has 0 spiro atoms. The van der Waals surface area contributed by atoms with E-state index in [1.54, 1.807) is 21.3 Å². The Bertz CT molecular complexity index is 793. The summed E-state index contributed by atoms with van der Waals surface area (Å²) in [6.45, 7) is 0.447. The van der Waals surface area contributed by atoms with Gasteiger partial charge in [0.1, 0.15) is 73.2 Å². The number of carbonyl (C=O) groups is 1. The Morgan fingerprint density at radius 3 is 1.51 bits per heavy atom. The number of hydrogen-bond donors (Lipinski definition) is 0. The molecule has 2 aliphatic rings. The molecule has 2 fully saturated rings. The molecule has 16 nitrogen and oxygen atoms in total. The van der Waals surface area contributed by atoms with Gasteiger partial charge in [-0.15, -0.1) is 0 Å². The highest BCUT2D eigenvalue weighted by Gasteiger charge is 2.54. The summed E-state index contributed by atoms with van der Waals surface area (Å²) in [4.78, 5) is 12.1. The molecule has 0 aliphatic carbocycles. The van der Waals surface area contributed by atoms with E-state index in [1.807, 2.05) is 0 Å². The average Bonchev–Trinajstić information content (AvgIpc) is 3.05. The molecule has 266 valence electrons. The van der Waals surface area contributed by atoms with Crippen molar-refractivity contribution in [2.75, 3.05) is 98.0 Å².